The summed E-state index contributed by atoms with van der Waals surface area (Å²) in [4.78, 5) is -0.0975. The number of anilines is 1. The Morgan fingerprint density at radius 1 is 1.42 bits per heavy atom. The molecule has 0 radical (unpaired) electrons. The quantitative estimate of drug-likeness (QED) is 0.497. The highest BCUT2D eigenvalue weighted by atomic mass is 35.5. The third-order valence-corrected chi connectivity index (χ3v) is 5.19. The zero-order valence-electron chi connectivity index (χ0n) is 10.6. The lowest BCUT2D eigenvalue weighted by molar-refractivity contribution is 0.463. The third-order valence-electron chi connectivity index (χ3n) is 2.59. The highest BCUT2D eigenvalue weighted by Gasteiger charge is 2.26. The smallest absolute Gasteiger partial charge is 0.246 e. The summed E-state index contributed by atoms with van der Waals surface area (Å²) < 4.78 is 26.0. The Morgan fingerprint density at radius 2 is 2.05 bits per heavy atom. The number of sulfonamides is 1. The molecule has 0 saturated heterocycles. The number of hydrogen-bond donors (Lipinski definition) is 1. The van der Waals surface area contributed by atoms with Crippen LogP contribution in [0, 0.1) is 0 Å². The van der Waals surface area contributed by atoms with Crippen molar-refractivity contribution in [1.82, 2.24) is 4.31 Å². The van der Waals surface area contributed by atoms with E-state index in [1.54, 1.807) is 6.08 Å². The minimum Gasteiger partial charge on any atom is -0.398 e. The van der Waals surface area contributed by atoms with Crippen molar-refractivity contribution in [2.45, 2.75) is 17.7 Å². The Morgan fingerprint density at radius 3 is 2.58 bits per heavy atom. The van der Waals surface area contributed by atoms with Gasteiger partial charge in [0.2, 0.25) is 10.0 Å². The molecule has 0 aromatic heterocycles. The number of rotatable bonds is 6. The molecule has 1 aromatic rings. The summed E-state index contributed by atoms with van der Waals surface area (Å²) in [7, 11) is -2.23. The molecular weight excluding hydrogens is 307 g/mol. The van der Waals surface area contributed by atoms with Gasteiger partial charge in [-0.3, -0.25) is 0 Å². The van der Waals surface area contributed by atoms with Gasteiger partial charge in [-0.1, -0.05) is 29.3 Å². The second kappa shape index (κ2) is 6.61. The van der Waals surface area contributed by atoms with Crippen LogP contribution in [0.25, 0.3) is 0 Å². The normalized spacial score (nSPS) is 11.8. The molecule has 1 aromatic carbocycles. The van der Waals surface area contributed by atoms with Gasteiger partial charge in [0, 0.05) is 18.6 Å². The van der Waals surface area contributed by atoms with Crippen LogP contribution in [0.2, 0.25) is 10.0 Å². The lowest BCUT2D eigenvalue weighted by Crippen LogP contribution is -2.28. The second-order valence-corrected chi connectivity index (χ2v) is 6.89. The van der Waals surface area contributed by atoms with Crippen LogP contribution in [-0.2, 0) is 10.0 Å². The van der Waals surface area contributed by atoms with E-state index in [1.807, 2.05) is 0 Å². The van der Waals surface area contributed by atoms with Gasteiger partial charge in [0.25, 0.3) is 0 Å². The number of nitrogens with two attached hydrogens (primary N) is 1. The van der Waals surface area contributed by atoms with Gasteiger partial charge in [-0.15, -0.1) is 6.58 Å². The van der Waals surface area contributed by atoms with Gasteiger partial charge in [-0.25, -0.2) is 12.7 Å². The maximum Gasteiger partial charge on any atom is 0.246 e. The number of hydrogen-bond acceptors (Lipinski definition) is 3. The lowest BCUT2D eigenvalue weighted by atomic mass is 10.3. The molecule has 0 aliphatic rings. The Kier molecular flexibility index (Phi) is 5.67. The molecule has 4 nitrogen and oxygen atoms in total. The molecule has 106 valence electrons. The van der Waals surface area contributed by atoms with Crippen molar-refractivity contribution in [3.05, 3.63) is 34.8 Å². The average molecular weight is 323 g/mol. The van der Waals surface area contributed by atoms with Crippen LogP contribution in [0.3, 0.4) is 0 Å². The van der Waals surface area contributed by atoms with E-state index < -0.39 is 10.0 Å². The largest absolute Gasteiger partial charge is 0.398 e. The van der Waals surface area contributed by atoms with Gasteiger partial charge in [-0.2, -0.15) is 0 Å². The van der Waals surface area contributed by atoms with Crippen molar-refractivity contribution in [1.29, 1.82) is 0 Å². The minimum atomic E-state index is -3.71. The first-order valence-corrected chi connectivity index (χ1v) is 7.82. The van der Waals surface area contributed by atoms with Gasteiger partial charge < -0.3 is 5.73 Å². The van der Waals surface area contributed by atoms with Crippen LogP contribution in [0.1, 0.15) is 12.8 Å². The van der Waals surface area contributed by atoms with Gasteiger partial charge in [0.05, 0.1) is 10.7 Å². The topological polar surface area (TPSA) is 63.4 Å². The number of nitrogens with zero attached hydrogens (tertiary/aromatic N) is 1. The number of nitrogen functional groups attached to an aromatic ring is 1. The van der Waals surface area contributed by atoms with E-state index in [4.69, 9.17) is 28.9 Å². The van der Waals surface area contributed by atoms with Gasteiger partial charge in [0.15, 0.2) is 0 Å². The lowest BCUT2D eigenvalue weighted by Gasteiger charge is -2.19. The van der Waals surface area contributed by atoms with Crippen LogP contribution in [0.15, 0.2) is 29.7 Å². The maximum atomic E-state index is 12.4. The molecule has 0 aliphatic heterocycles. The predicted molar refractivity (Wildman–Crippen MR) is 80.1 cm³/mol. The minimum absolute atomic E-state index is 0.0283. The fraction of sp³-hybridized carbons (Fsp3) is 0.333. The van der Waals surface area contributed by atoms with E-state index in [0.29, 0.717) is 18.0 Å². The number of allylic oxidation sites excluding steroid dienone is 1. The molecule has 2 N–H and O–H groups in total. The van der Waals surface area contributed by atoms with E-state index in [0.717, 1.165) is 6.42 Å². The number of halogens is 2. The monoisotopic (exact) mass is 322 g/mol. The molecular formula is C12H16Cl2N2O2S. The summed E-state index contributed by atoms with van der Waals surface area (Å²) in [6, 6.07) is 2.74. The molecule has 0 bridgehead atoms. The first-order valence-electron chi connectivity index (χ1n) is 5.62. The van der Waals surface area contributed by atoms with E-state index in [-0.39, 0.29) is 15.6 Å². The van der Waals surface area contributed by atoms with Gasteiger partial charge >= 0.3 is 0 Å². The van der Waals surface area contributed by atoms with Gasteiger partial charge in [0.1, 0.15) is 4.90 Å². The van der Waals surface area contributed by atoms with Crippen molar-refractivity contribution >= 4 is 38.9 Å². The second-order valence-electron chi connectivity index (χ2n) is 4.06. The summed E-state index contributed by atoms with van der Waals surface area (Å²) in [5, 5.41) is 0.330. The molecule has 0 atom stereocenters. The van der Waals surface area contributed by atoms with Crippen LogP contribution < -0.4 is 5.73 Å². The van der Waals surface area contributed by atoms with Crippen LogP contribution in [0.5, 0.6) is 0 Å². The van der Waals surface area contributed by atoms with Crippen molar-refractivity contribution in [2.75, 3.05) is 19.3 Å². The summed E-state index contributed by atoms with van der Waals surface area (Å²) in [6.07, 6.45) is 3.16. The summed E-state index contributed by atoms with van der Waals surface area (Å²) in [5.41, 5.74) is 5.76. The first kappa shape index (κ1) is 16.3. The van der Waals surface area contributed by atoms with Crippen molar-refractivity contribution in [3.63, 3.8) is 0 Å². The van der Waals surface area contributed by atoms with Crippen LogP contribution >= 0.6 is 23.2 Å². The molecule has 1 rings (SSSR count). The summed E-state index contributed by atoms with van der Waals surface area (Å²) >= 11 is 11.7. The van der Waals surface area contributed by atoms with Crippen LogP contribution in [0.4, 0.5) is 5.69 Å². The molecule has 0 aliphatic carbocycles. The Bertz CT molecular complexity index is 550. The van der Waals surface area contributed by atoms with E-state index in [1.165, 1.54) is 23.5 Å². The zero-order chi connectivity index (χ0) is 14.6. The summed E-state index contributed by atoms with van der Waals surface area (Å²) in [5.74, 6) is 0. The van der Waals surface area contributed by atoms with Gasteiger partial charge in [-0.05, 0) is 25.0 Å². The highest BCUT2D eigenvalue weighted by molar-refractivity contribution is 7.89. The van der Waals surface area contributed by atoms with E-state index in [9.17, 15) is 8.42 Å². The third kappa shape index (κ3) is 3.86. The predicted octanol–water partition coefficient (Wildman–Crippen LogP) is 3.16. The number of benzene rings is 1. The average Bonchev–Trinajstić information content (AvgIpc) is 2.27. The van der Waals surface area contributed by atoms with E-state index >= 15 is 0 Å². The summed E-state index contributed by atoms with van der Waals surface area (Å²) in [6.45, 7) is 3.96. The molecule has 0 spiro atoms. The highest BCUT2D eigenvalue weighted by Crippen LogP contribution is 2.32. The molecule has 0 saturated carbocycles. The fourth-order valence-corrected chi connectivity index (χ4v) is 3.73. The standard InChI is InChI=1S/C12H16Cl2N2O2S/c1-3-4-5-6-16(2)19(17,18)12-10(14)7-9(13)8-11(12)15/h3,7-8H,1,4-6,15H2,2H3. The molecule has 0 amide bonds. The molecule has 0 heterocycles. The first-order chi connectivity index (χ1) is 8.80. The van der Waals surface area contributed by atoms with Crippen LogP contribution in [-0.4, -0.2) is 26.3 Å². The SMILES string of the molecule is C=CCCCN(C)S(=O)(=O)c1c(N)cc(Cl)cc1Cl. The van der Waals surface area contributed by atoms with Crippen molar-refractivity contribution in [3.8, 4) is 0 Å². The Labute approximate surface area is 123 Å². The maximum absolute atomic E-state index is 12.4. The number of unbranched alkanes of at least 4 members (excludes halogenated alkanes) is 1. The molecule has 0 unspecified atom stereocenters. The Hall–Kier alpha value is -0.750. The van der Waals surface area contributed by atoms with Crippen molar-refractivity contribution < 1.29 is 8.42 Å². The molecule has 19 heavy (non-hydrogen) atoms. The fourth-order valence-electron chi connectivity index (χ4n) is 1.59. The molecule has 0 fully saturated rings. The zero-order valence-corrected chi connectivity index (χ0v) is 12.9. The molecule has 7 heteroatoms. The Balaban J connectivity index is 3.10. The van der Waals surface area contributed by atoms with Crippen molar-refractivity contribution in [2.24, 2.45) is 0 Å². The van der Waals surface area contributed by atoms with E-state index in [2.05, 4.69) is 6.58 Å².